The summed E-state index contributed by atoms with van der Waals surface area (Å²) in [5.74, 6) is -1.32. The summed E-state index contributed by atoms with van der Waals surface area (Å²) in [6.45, 7) is 0.655. The van der Waals surface area contributed by atoms with Crippen molar-refractivity contribution in [3.05, 3.63) is 65.0 Å². The summed E-state index contributed by atoms with van der Waals surface area (Å²) in [4.78, 5) is 39.4. The summed E-state index contributed by atoms with van der Waals surface area (Å²) in [5.41, 5.74) is 0.132. The quantitative estimate of drug-likeness (QED) is 0.563. The number of rotatable bonds is 4. The normalized spacial score (nSPS) is 22.6. The fraction of sp³-hybridized carbons (Fsp3) is 0.423. The minimum atomic E-state index is -0.960. The fourth-order valence-electron chi connectivity index (χ4n) is 5.21. The topological polar surface area (TPSA) is 102 Å². The molecule has 36 heavy (non-hydrogen) atoms. The Morgan fingerprint density at radius 2 is 1.83 bits per heavy atom. The number of aliphatic hydroxyl groups is 1. The molecule has 3 amide bonds. The van der Waals surface area contributed by atoms with Gasteiger partial charge in [-0.05, 0) is 55.5 Å². The number of nitrogens with one attached hydrogen (secondary N) is 2. The van der Waals surface area contributed by atoms with Gasteiger partial charge in [0.2, 0.25) is 0 Å². The molecule has 0 bridgehead atoms. The highest BCUT2D eigenvalue weighted by molar-refractivity contribution is 6.04. The number of nitrogens with zero attached hydrogens (tertiary/aromatic N) is 2. The van der Waals surface area contributed by atoms with Gasteiger partial charge in [-0.3, -0.25) is 9.59 Å². The van der Waals surface area contributed by atoms with Crippen LogP contribution in [-0.2, 0) is 6.54 Å². The Bertz CT molecular complexity index is 1190. The zero-order valence-electron chi connectivity index (χ0n) is 19.7. The van der Waals surface area contributed by atoms with Crippen LogP contribution >= 0.6 is 0 Å². The number of anilines is 1. The molecule has 0 atom stereocenters. The Labute approximate surface area is 207 Å². The second-order valence-electron chi connectivity index (χ2n) is 9.88. The number of para-hydroxylation sites is 1. The van der Waals surface area contributed by atoms with E-state index in [1.807, 2.05) is 0 Å². The lowest BCUT2D eigenvalue weighted by Crippen LogP contribution is -2.57. The second-order valence-corrected chi connectivity index (χ2v) is 9.88. The molecule has 1 aliphatic carbocycles. The van der Waals surface area contributed by atoms with Crippen LogP contribution in [-0.4, -0.2) is 58.5 Å². The van der Waals surface area contributed by atoms with E-state index in [9.17, 15) is 23.9 Å². The SMILES string of the molecule is O=C(NC1CC(O)C1)c1cc(CNC(=O)N2CCC3(CC2)CC(=O)c2ccccc2N3F)ccc1F. The lowest BCUT2D eigenvalue weighted by atomic mass is 9.78. The second kappa shape index (κ2) is 9.50. The van der Waals surface area contributed by atoms with Crippen LogP contribution in [0.2, 0.25) is 0 Å². The monoisotopic (exact) mass is 498 g/mol. The van der Waals surface area contributed by atoms with E-state index in [0.717, 1.165) is 0 Å². The molecule has 2 aromatic carbocycles. The molecule has 5 rings (SSSR count). The van der Waals surface area contributed by atoms with E-state index in [0.29, 0.717) is 41.9 Å². The number of halogens is 2. The van der Waals surface area contributed by atoms with Crippen molar-refractivity contribution >= 4 is 23.4 Å². The van der Waals surface area contributed by atoms with Crippen molar-refractivity contribution in [3.8, 4) is 0 Å². The average molecular weight is 499 g/mol. The number of amides is 3. The van der Waals surface area contributed by atoms with Crippen LogP contribution in [0.25, 0.3) is 0 Å². The third-order valence-electron chi connectivity index (χ3n) is 7.47. The molecule has 0 unspecified atom stereocenters. The smallest absolute Gasteiger partial charge is 0.317 e. The highest BCUT2D eigenvalue weighted by atomic mass is 19.2. The van der Waals surface area contributed by atoms with Gasteiger partial charge in [0, 0.05) is 37.7 Å². The lowest BCUT2D eigenvalue weighted by Gasteiger charge is -2.47. The molecular formula is C26H28F2N4O4. The maximum Gasteiger partial charge on any atom is 0.317 e. The van der Waals surface area contributed by atoms with Crippen LogP contribution in [0.1, 0.15) is 58.4 Å². The number of hydrogen-bond acceptors (Lipinski definition) is 5. The van der Waals surface area contributed by atoms with Crippen LogP contribution in [0.15, 0.2) is 42.5 Å². The summed E-state index contributed by atoms with van der Waals surface area (Å²) in [7, 11) is 0. The lowest BCUT2D eigenvalue weighted by molar-refractivity contribution is 0.0561. The van der Waals surface area contributed by atoms with E-state index < -0.39 is 23.4 Å². The summed E-state index contributed by atoms with van der Waals surface area (Å²) < 4.78 is 29.6. The van der Waals surface area contributed by atoms with Crippen molar-refractivity contribution in [2.24, 2.45) is 0 Å². The first-order valence-electron chi connectivity index (χ1n) is 12.1. The molecule has 0 radical (unpaired) electrons. The van der Waals surface area contributed by atoms with Crippen LogP contribution < -0.4 is 15.8 Å². The summed E-state index contributed by atoms with van der Waals surface area (Å²) >= 11 is 0. The van der Waals surface area contributed by atoms with Gasteiger partial charge in [0.05, 0.1) is 22.9 Å². The highest BCUT2D eigenvalue weighted by Gasteiger charge is 2.47. The van der Waals surface area contributed by atoms with E-state index in [2.05, 4.69) is 10.6 Å². The number of Topliss-reactive ketones (excluding diaryl/α,β-unsaturated/α-hetero) is 1. The van der Waals surface area contributed by atoms with Crippen LogP contribution in [0, 0.1) is 5.82 Å². The third kappa shape index (κ3) is 4.53. The number of fused-ring (bicyclic) bond motifs is 1. The molecule has 2 fully saturated rings. The van der Waals surface area contributed by atoms with Crippen molar-refractivity contribution in [1.82, 2.24) is 15.5 Å². The van der Waals surface area contributed by atoms with Crippen LogP contribution in [0.4, 0.5) is 19.4 Å². The maximum atomic E-state index is 15.3. The summed E-state index contributed by atoms with van der Waals surface area (Å²) in [5, 5.41) is 15.5. The fourth-order valence-corrected chi connectivity index (χ4v) is 5.21. The van der Waals surface area contributed by atoms with E-state index in [4.69, 9.17) is 0 Å². The van der Waals surface area contributed by atoms with Gasteiger partial charge in [-0.25, -0.2) is 14.3 Å². The Morgan fingerprint density at radius 1 is 1.11 bits per heavy atom. The Balaban J connectivity index is 1.17. The van der Waals surface area contributed by atoms with Gasteiger partial charge in [-0.2, -0.15) is 0 Å². The Hall–Kier alpha value is -3.53. The Morgan fingerprint density at radius 3 is 2.56 bits per heavy atom. The minimum Gasteiger partial charge on any atom is -0.393 e. The number of aliphatic hydroxyl groups excluding tert-OH is 1. The van der Waals surface area contributed by atoms with E-state index >= 15 is 4.48 Å². The number of urea groups is 1. The van der Waals surface area contributed by atoms with Crippen molar-refractivity contribution in [2.75, 3.05) is 18.2 Å². The predicted octanol–water partition coefficient (Wildman–Crippen LogP) is 3.10. The van der Waals surface area contributed by atoms with E-state index in [1.54, 1.807) is 29.2 Å². The number of carbonyl (C=O) groups is 3. The van der Waals surface area contributed by atoms with Crippen molar-refractivity contribution < 1.29 is 28.4 Å². The van der Waals surface area contributed by atoms with Crippen molar-refractivity contribution in [1.29, 1.82) is 0 Å². The number of benzene rings is 2. The molecule has 8 nitrogen and oxygen atoms in total. The van der Waals surface area contributed by atoms with Gasteiger partial charge in [-0.15, -0.1) is 0 Å². The molecular weight excluding hydrogens is 470 g/mol. The first kappa shape index (κ1) is 24.2. The number of hydrogen-bond donors (Lipinski definition) is 3. The first-order chi connectivity index (χ1) is 17.3. The molecule has 2 heterocycles. The first-order valence-corrected chi connectivity index (χ1v) is 12.1. The van der Waals surface area contributed by atoms with Crippen molar-refractivity contribution in [2.45, 2.75) is 56.3 Å². The molecule has 2 aliphatic heterocycles. The van der Waals surface area contributed by atoms with Gasteiger partial charge in [-0.1, -0.05) is 22.7 Å². The standard InChI is InChI=1S/C26H28F2N4O4/c27-21-6-5-16(11-20(21)24(35)30-17-12-18(33)13-17)15-29-25(36)31-9-7-26(8-10-31)14-23(34)19-3-1-2-4-22(19)32(26)28/h1-6,11,17-18,33H,7-10,12-15H2,(H,29,36)(H,30,35). The molecule has 0 aromatic heterocycles. The predicted molar refractivity (Wildman–Crippen MR) is 128 cm³/mol. The molecule has 1 saturated heterocycles. The molecule has 190 valence electrons. The van der Waals surface area contributed by atoms with Gasteiger partial charge in [0.15, 0.2) is 5.78 Å². The number of ketones is 1. The van der Waals surface area contributed by atoms with Crippen molar-refractivity contribution in [3.63, 3.8) is 0 Å². The number of piperidine rings is 1. The molecule has 1 spiro atoms. The third-order valence-corrected chi connectivity index (χ3v) is 7.47. The zero-order valence-corrected chi connectivity index (χ0v) is 19.7. The maximum absolute atomic E-state index is 15.3. The van der Waals surface area contributed by atoms with Crippen LogP contribution in [0.5, 0.6) is 0 Å². The molecule has 3 aliphatic rings. The zero-order chi connectivity index (χ0) is 25.4. The molecule has 1 saturated carbocycles. The molecule has 10 heteroatoms. The Kier molecular flexibility index (Phi) is 6.38. The van der Waals surface area contributed by atoms with Gasteiger partial charge in [0.1, 0.15) is 5.82 Å². The largest absolute Gasteiger partial charge is 0.393 e. The van der Waals surface area contributed by atoms with Crippen LogP contribution in [0.3, 0.4) is 0 Å². The number of carbonyl (C=O) groups excluding carboxylic acids is 3. The average Bonchev–Trinajstić information content (AvgIpc) is 2.86. The van der Waals surface area contributed by atoms with E-state index in [1.165, 1.54) is 18.2 Å². The van der Waals surface area contributed by atoms with Gasteiger partial charge < -0.3 is 20.6 Å². The van der Waals surface area contributed by atoms with Gasteiger partial charge in [0.25, 0.3) is 5.91 Å². The number of likely N-dealkylation sites (tertiary alicyclic amines) is 1. The highest BCUT2D eigenvalue weighted by Crippen LogP contribution is 2.43. The molecule has 3 N–H and O–H groups in total. The van der Waals surface area contributed by atoms with E-state index in [-0.39, 0.29) is 55.2 Å². The minimum absolute atomic E-state index is 0.0657. The van der Waals surface area contributed by atoms with Gasteiger partial charge >= 0.3 is 6.03 Å². The summed E-state index contributed by atoms with van der Waals surface area (Å²) in [6.07, 6.45) is 1.15. The summed E-state index contributed by atoms with van der Waals surface area (Å²) in [6, 6.07) is 10.2. The molecule has 2 aromatic rings.